The van der Waals surface area contributed by atoms with Gasteiger partial charge < -0.3 is 19.5 Å². The van der Waals surface area contributed by atoms with Crippen molar-refractivity contribution in [3.63, 3.8) is 0 Å². The normalized spacial score (nSPS) is 22.4. The van der Waals surface area contributed by atoms with Crippen molar-refractivity contribution in [3.05, 3.63) is 35.7 Å². The SMILES string of the molecule is COCCOC(=O)N=S1(=O)CC=C(c2ccc(N3C[C@@H](CNC(C)=O)OC3=O)cc2F)CC1. The number of benzene rings is 1. The second-order valence-electron chi connectivity index (χ2n) is 7.54. The lowest BCUT2D eigenvalue weighted by Gasteiger charge is -2.19. The maximum atomic E-state index is 14.9. The molecule has 12 heteroatoms. The number of carbonyl (C=O) groups excluding carboxylic acids is 3. The largest absolute Gasteiger partial charge is 0.445 e. The van der Waals surface area contributed by atoms with Crippen LogP contribution in [0.25, 0.3) is 5.57 Å². The Morgan fingerprint density at radius 3 is 2.79 bits per heavy atom. The number of allylic oxidation sites excluding steroid dienone is 1. The third kappa shape index (κ3) is 6.51. The van der Waals surface area contributed by atoms with Gasteiger partial charge in [-0.1, -0.05) is 6.08 Å². The van der Waals surface area contributed by atoms with Crippen molar-refractivity contribution >= 4 is 39.1 Å². The quantitative estimate of drug-likeness (QED) is 0.590. The van der Waals surface area contributed by atoms with Crippen LogP contribution in [0.15, 0.2) is 28.6 Å². The Morgan fingerprint density at radius 1 is 1.36 bits per heavy atom. The highest BCUT2D eigenvalue weighted by molar-refractivity contribution is 7.94. The van der Waals surface area contributed by atoms with E-state index in [1.165, 1.54) is 25.0 Å². The fourth-order valence-corrected chi connectivity index (χ4v) is 5.07. The molecular formula is C21H26FN3O7S. The highest BCUT2D eigenvalue weighted by Gasteiger charge is 2.33. The molecule has 3 amide bonds. The average molecular weight is 484 g/mol. The van der Waals surface area contributed by atoms with E-state index in [0.29, 0.717) is 16.8 Å². The van der Waals surface area contributed by atoms with Crippen molar-refractivity contribution in [1.29, 1.82) is 0 Å². The van der Waals surface area contributed by atoms with Gasteiger partial charge in [0.1, 0.15) is 18.5 Å². The number of methoxy groups -OCH3 is 1. The summed E-state index contributed by atoms with van der Waals surface area (Å²) in [5.74, 6) is -0.670. The van der Waals surface area contributed by atoms with Crippen molar-refractivity contribution in [3.8, 4) is 0 Å². The van der Waals surface area contributed by atoms with Gasteiger partial charge in [0.25, 0.3) is 0 Å². The van der Waals surface area contributed by atoms with Crippen molar-refractivity contribution < 1.29 is 37.2 Å². The Hall–Kier alpha value is -2.99. The lowest BCUT2D eigenvalue weighted by molar-refractivity contribution is -0.119. The Morgan fingerprint density at radius 2 is 2.15 bits per heavy atom. The molecule has 1 N–H and O–H groups in total. The molecule has 2 aliphatic heterocycles. The van der Waals surface area contributed by atoms with Crippen LogP contribution in [0.5, 0.6) is 0 Å². The van der Waals surface area contributed by atoms with E-state index in [0.717, 1.165) is 0 Å². The molecule has 33 heavy (non-hydrogen) atoms. The molecule has 10 nitrogen and oxygen atoms in total. The number of cyclic esters (lactones) is 1. The summed E-state index contributed by atoms with van der Waals surface area (Å²) in [5, 5.41) is 2.58. The van der Waals surface area contributed by atoms with Gasteiger partial charge in [0, 0.05) is 25.3 Å². The third-order valence-electron chi connectivity index (χ3n) is 5.10. The number of hydrogen-bond acceptors (Lipinski definition) is 7. The van der Waals surface area contributed by atoms with Gasteiger partial charge in [0.2, 0.25) is 5.91 Å². The van der Waals surface area contributed by atoms with Gasteiger partial charge in [0.05, 0.1) is 40.9 Å². The van der Waals surface area contributed by atoms with Gasteiger partial charge in [-0.3, -0.25) is 9.69 Å². The van der Waals surface area contributed by atoms with Crippen LogP contribution in [0, 0.1) is 5.82 Å². The van der Waals surface area contributed by atoms with Gasteiger partial charge in [-0.25, -0.2) is 18.2 Å². The lowest BCUT2D eigenvalue weighted by Crippen LogP contribution is -2.33. The van der Waals surface area contributed by atoms with Crippen LogP contribution in [-0.4, -0.2) is 73.3 Å². The summed E-state index contributed by atoms with van der Waals surface area (Å²) in [6.07, 6.45) is -0.159. The Balaban J connectivity index is 1.67. The lowest BCUT2D eigenvalue weighted by atomic mass is 10.0. The van der Waals surface area contributed by atoms with Crippen LogP contribution in [0.4, 0.5) is 19.7 Å². The van der Waals surface area contributed by atoms with Crippen LogP contribution in [0.1, 0.15) is 18.9 Å². The van der Waals surface area contributed by atoms with E-state index in [1.54, 1.807) is 18.2 Å². The zero-order valence-corrected chi connectivity index (χ0v) is 19.2. The first-order valence-electron chi connectivity index (χ1n) is 10.3. The highest BCUT2D eigenvalue weighted by atomic mass is 32.2. The molecule has 0 bridgehead atoms. The topological polar surface area (TPSA) is 124 Å². The van der Waals surface area contributed by atoms with Gasteiger partial charge in [0.15, 0.2) is 0 Å². The molecular weight excluding hydrogens is 457 g/mol. The van der Waals surface area contributed by atoms with E-state index in [4.69, 9.17) is 14.2 Å². The first-order valence-corrected chi connectivity index (χ1v) is 12.2. The molecule has 0 aromatic heterocycles. The fraction of sp³-hybridized carbons (Fsp3) is 0.476. The number of anilines is 1. The third-order valence-corrected chi connectivity index (χ3v) is 7.11. The summed E-state index contributed by atoms with van der Waals surface area (Å²) < 4.78 is 46.2. The number of hydrogen-bond donors (Lipinski definition) is 1. The molecule has 0 spiro atoms. The van der Waals surface area contributed by atoms with Crippen molar-refractivity contribution in [2.45, 2.75) is 19.4 Å². The number of nitrogens with zero attached hydrogens (tertiary/aromatic N) is 2. The van der Waals surface area contributed by atoms with Gasteiger partial charge in [-0.15, -0.1) is 4.36 Å². The van der Waals surface area contributed by atoms with Crippen molar-refractivity contribution in [1.82, 2.24) is 5.32 Å². The van der Waals surface area contributed by atoms with Gasteiger partial charge >= 0.3 is 12.2 Å². The molecule has 1 unspecified atom stereocenters. The van der Waals surface area contributed by atoms with Crippen LogP contribution in [0.2, 0.25) is 0 Å². The molecule has 0 saturated carbocycles. The Labute approximate surface area is 191 Å². The summed E-state index contributed by atoms with van der Waals surface area (Å²) in [6, 6.07) is 4.39. The maximum Gasteiger partial charge on any atom is 0.441 e. The smallest absolute Gasteiger partial charge is 0.441 e. The number of ether oxygens (including phenoxy) is 3. The molecule has 180 valence electrons. The molecule has 2 heterocycles. The molecule has 1 aromatic rings. The van der Waals surface area contributed by atoms with E-state index in [1.807, 2.05) is 0 Å². The summed E-state index contributed by atoms with van der Waals surface area (Å²) >= 11 is 0. The molecule has 2 aliphatic rings. The van der Waals surface area contributed by atoms with Crippen LogP contribution >= 0.6 is 0 Å². The van der Waals surface area contributed by atoms with E-state index < -0.39 is 33.8 Å². The van der Waals surface area contributed by atoms with Crippen molar-refractivity contribution in [2.75, 3.05) is 49.8 Å². The predicted molar refractivity (Wildman–Crippen MR) is 119 cm³/mol. The minimum absolute atomic E-state index is 0.00613. The zero-order chi connectivity index (χ0) is 24.0. The first kappa shape index (κ1) is 24.6. The summed E-state index contributed by atoms with van der Waals surface area (Å²) in [4.78, 5) is 36.2. The minimum Gasteiger partial charge on any atom is -0.445 e. The summed E-state index contributed by atoms with van der Waals surface area (Å²) in [6.45, 7) is 1.96. The minimum atomic E-state index is -2.82. The number of carbonyl (C=O) groups is 3. The van der Waals surface area contributed by atoms with Crippen molar-refractivity contribution in [2.24, 2.45) is 4.36 Å². The van der Waals surface area contributed by atoms with Gasteiger partial charge in [-0.2, -0.15) is 0 Å². The average Bonchev–Trinajstić information content (AvgIpc) is 3.13. The fourth-order valence-electron chi connectivity index (χ4n) is 3.42. The highest BCUT2D eigenvalue weighted by Crippen LogP contribution is 2.30. The standard InChI is InChI=1S/C21H26FN3O7S/c1-14(26)23-12-17-13-25(21(28)32-17)16-3-4-18(19(22)11-16)15-5-9-33(29,10-6-15)24-20(27)31-8-7-30-2/h3-5,11,17H,6-10,12-13H2,1-2H3,(H,23,26)/t17-,33?/m1/s1. The number of rotatable bonds is 7. The second kappa shape index (κ2) is 10.8. The maximum absolute atomic E-state index is 14.9. The van der Waals surface area contributed by atoms with Crippen LogP contribution < -0.4 is 10.2 Å². The zero-order valence-electron chi connectivity index (χ0n) is 18.4. The first-order chi connectivity index (χ1) is 15.7. The Bertz CT molecular complexity index is 1080. The molecule has 0 aliphatic carbocycles. The van der Waals surface area contributed by atoms with Crippen LogP contribution in [0.3, 0.4) is 0 Å². The number of nitrogens with one attached hydrogen (secondary N) is 1. The van der Waals surface area contributed by atoms with E-state index >= 15 is 0 Å². The van der Waals surface area contributed by atoms with Crippen LogP contribution in [-0.2, 0) is 28.7 Å². The van der Waals surface area contributed by atoms with E-state index in [9.17, 15) is 23.0 Å². The number of halogens is 1. The van der Waals surface area contributed by atoms with E-state index in [2.05, 4.69) is 9.68 Å². The van der Waals surface area contributed by atoms with E-state index in [-0.39, 0.29) is 50.1 Å². The predicted octanol–water partition coefficient (Wildman–Crippen LogP) is 2.33. The summed E-state index contributed by atoms with van der Waals surface area (Å²) in [5.41, 5.74) is 1.30. The number of amides is 3. The Kier molecular flexibility index (Phi) is 8.03. The molecule has 3 rings (SSSR count). The second-order valence-corrected chi connectivity index (χ2v) is 10.0. The summed E-state index contributed by atoms with van der Waals surface area (Å²) in [7, 11) is -1.35. The molecule has 2 atom stereocenters. The molecule has 1 aromatic carbocycles. The monoisotopic (exact) mass is 483 g/mol. The molecule has 0 radical (unpaired) electrons. The molecule has 1 saturated heterocycles. The van der Waals surface area contributed by atoms with Gasteiger partial charge in [-0.05, 0) is 30.2 Å². The molecule has 1 fully saturated rings.